The minimum Gasteiger partial charge on any atom is -0.362 e. The Balaban J connectivity index is 1.61. The lowest BCUT2D eigenvalue weighted by Crippen LogP contribution is -2.49. The molecule has 0 bridgehead atoms. The number of H-pyrrole nitrogens is 1. The summed E-state index contributed by atoms with van der Waals surface area (Å²) in [4.78, 5) is 10.4. The van der Waals surface area contributed by atoms with Crippen molar-refractivity contribution >= 4 is 11.0 Å². The first-order valence-corrected chi connectivity index (χ1v) is 7.63. The number of allylic oxidation sites excluding steroid dienone is 2. The summed E-state index contributed by atoms with van der Waals surface area (Å²) in [7, 11) is 0. The van der Waals surface area contributed by atoms with Crippen molar-refractivity contribution in [1.82, 2.24) is 14.9 Å². The maximum Gasteiger partial charge on any atom is 0.126 e. The van der Waals surface area contributed by atoms with Crippen LogP contribution in [0.4, 0.5) is 0 Å². The van der Waals surface area contributed by atoms with E-state index in [0.29, 0.717) is 6.04 Å². The first kappa shape index (κ1) is 12.7. The van der Waals surface area contributed by atoms with Gasteiger partial charge in [0.2, 0.25) is 0 Å². The smallest absolute Gasteiger partial charge is 0.126 e. The van der Waals surface area contributed by atoms with Crippen molar-refractivity contribution in [2.45, 2.75) is 37.9 Å². The molecule has 4 rings (SSSR count). The highest BCUT2D eigenvalue weighted by Crippen LogP contribution is 2.30. The molecular weight excluding hydrogens is 260 g/mol. The normalized spacial score (nSPS) is 25.0. The molecule has 21 heavy (non-hydrogen) atoms. The highest BCUT2D eigenvalue weighted by molar-refractivity contribution is 5.74. The molecule has 1 fully saturated rings. The van der Waals surface area contributed by atoms with Gasteiger partial charge in [-0.25, -0.2) is 4.98 Å². The number of nitrogens with zero attached hydrogens (tertiary/aromatic N) is 2. The highest BCUT2D eigenvalue weighted by atomic mass is 15.2. The zero-order valence-corrected chi connectivity index (χ0v) is 12.0. The van der Waals surface area contributed by atoms with Gasteiger partial charge >= 0.3 is 0 Å². The van der Waals surface area contributed by atoms with Crippen LogP contribution in [-0.4, -0.2) is 27.0 Å². The number of para-hydroxylation sites is 2. The Morgan fingerprint density at radius 1 is 1.33 bits per heavy atom. The second-order valence-corrected chi connectivity index (χ2v) is 5.96. The Morgan fingerprint density at radius 2 is 2.24 bits per heavy atom. The van der Waals surface area contributed by atoms with Gasteiger partial charge in [-0.05, 0) is 43.0 Å². The Bertz CT molecular complexity index is 679. The first-order valence-electron chi connectivity index (χ1n) is 7.63. The van der Waals surface area contributed by atoms with Crippen molar-refractivity contribution in [3.8, 4) is 0 Å². The number of imidazole rings is 1. The van der Waals surface area contributed by atoms with Crippen LogP contribution in [0.1, 0.15) is 25.1 Å². The maximum atomic E-state index is 6.36. The molecule has 2 unspecified atom stereocenters. The van der Waals surface area contributed by atoms with Crippen LogP contribution in [0.5, 0.6) is 0 Å². The number of aromatic nitrogens is 2. The minimum atomic E-state index is 0.222. The number of hydrogen-bond donors (Lipinski definition) is 2. The maximum absolute atomic E-state index is 6.36. The second-order valence-electron chi connectivity index (χ2n) is 5.96. The molecule has 0 radical (unpaired) electrons. The van der Waals surface area contributed by atoms with Gasteiger partial charge in [0.05, 0.1) is 23.6 Å². The molecule has 108 valence electrons. The van der Waals surface area contributed by atoms with Crippen molar-refractivity contribution in [2.24, 2.45) is 5.73 Å². The zero-order valence-electron chi connectivity index (χ0n) is 12.0. The Kier molecular flexibility index (Phi) is 3.04. The number of fused-ring (bicyclic) bond motifs is 2. The Morgan fingerprint density at radius 3 is 3.14 bits per heavy atom. The summed E-state index contributed by atoms with van der Waals surface area (Å²) in [5.41, 5.74) is 9.95. The average Bonchev–Trinajstić information content (AvgIpc) is 2.90. The fraction of sp³-hybridized carbons (Fsp3) is 0.353. The van der Waals surface area contributed by atoms with Gasteiger partial charge in [0.25, 0.3) is 0 Å². The van der Waals surface area contributed by atoms with Crippen LogP contribution in [0, 0.1) is 0 Å². The molecule has 0 amide bonds. The average molecular weight is 280 g/mol. The summed E-state index contributed by atoms with van der Waals surface area (Å²) in [6.45, 7) is 0.779. The molecule has 4 nitrogen and oxygen atoms in total. The monoisotopic (exact) mass is 280 g/mol. The van der Waals surface area contributed by atoms with Crippen LogP contribution in [0.2, 0.25) is 0 Å². The second kappa shape index (κ2) is 5.04. The van der Waals surface area contributed by atoms with E-state index in [1.807, 2.05) is 18.2 Å². The minimum absolute atomic E-state index is 0.222. The fourth-order valence-corrected chi connectivity index (χ4v) is 3.54. The summed E-state index contributed by atoms with van der Waals surface area (Å²) in [5, 5.41) is 0. The quantitative estimate of drug-likeness (QED) is 0.889. The summed E-state index contributed by atoms with van der Waals surface area (Å²) in [5.74, 6) is 1.000. The molecule has 2 aliphatic rings. The van der Waals surface area contributed by atoms with Crippen molar-refractivity contribution in [3.05, 3.63) is 54.0 Å². The van der Waals surface area contributed by atoms with Gasteiger partial charge in [0.15, 0.2) is 0 Å². The number of nitrogens with one attached hydrogen (secondary N) is 1. The molecule has 1 aromatic carbocycles. The summed E-state index contributed by atoms with van der Waals surface area (Å²) in [6, 6.07) is 8.71. The lowest BCUT2D eigenvalue weighted by atomic mass is 9.84. The zero-order chi connectivity index (χ0) is 14.2. The Hall–Kier alpha value is -2.07. The van der Waals surface area contributed by atoms with E-state index in [0.717, 1.165) is 29.8 Å². The van der Waals surface area contributed by atoms with E-state index in [1.54, 1.807) is 0 Å². The first-order chi connectivity index (χ1) is 10.3. The van der Waals surface area contributed by atoms with Crippen LogP contribution < -0.4 is 5.73 Å². The lowest BCUT2D eigenvalue weighted by Gasteiger charge is -2.41. The molecule has 3 N–H and O–H groups in total. The van der Waals surface area contributed by atoms with Crippen molar-refractivity contribution < 1.29 is 0 Å². The van der Waals surface area contributed by atoms with Gasteiger partial charge in [-0.15, -0.1) is 0 Å². The van der Waals surface area contributed by atoms with Crippen LogP contribution in [-0.2, 0) is 6.54 Å². The summed E-state index contributed by atoms with van der Waals surface area (Å²) in [6.07, 6.45) is 9.99. The van der Waals surface area contributed by atoms with E-state index in [4.69, 9.17) is 5.73 Å². The third kappa shape index (κ3) is 2.25. The van der Waals surface area contributed by atoms with Crippen LogP contribution in [0.3, 0.4) is 0 Å². The van der Waals surface area contributed by atoms with E-state index in [2.05, 4.69) is 39.3 Å². The van der Waals surface area contributed by atoms with Crippen LogP contribution >= 0.6 is 0 Å². The predicted molar refractivity (Wildman–Crippen MR) is 84.5 cm³/mol. The molecule has 2 atom stereocenters. The predicted octanol–water partition coefficient (Wildman–Crippen LogP) is 2.70. The third-order valence-electron chi connectivity index (χ3n) is 4.50. The highest BCUT2D eigenvalue weighted by Gasteiger charge is 2.31. The van der Waals surface area contributed by atoms with Crippen LogP contribution in [0.15, 0.2) is 48.2 Å². The molecule has 2 heterocycles. The van der Waals surface area contributed by atoms with Crippen molar-refractivity contribution in [3.63, 3.8) is 0 Å². The van der Waals surface area contributed by atoms with Crippen molar-refractivity contribution in [1.29, 1.82) is 0 Å². The fourth-order valence-electron chi connectivity index (χ4n) is 3.54. The third-order valence-corrected chi connectivity index (χ3v) is 4.50. The number of rotatable bonds is 2. The number of hydrogen-bond acceptors (Lipinski definition) is 3. The topological polar surface area (TPSA) is 57.9 Å². The van der Waals surface area contributed by atoms with E-state index < -0.39 is 0 Å². The van der Waals surface area contributed by atoms with Gasteiger partial charge in [0, 0.05) is 12.2 Å². The molecule has 0 spiro atoms. The van der Waals surface area contributed by atoms with Gasteiger partial charge in [0.1, 0.15) is 5.82 Å². The molecule has 1 aromatic heterocycles. The largest absolute Gasteiger partial charge is 0.362 e. The van der Waals surface area contributed by atoms with Crippen LogP contribution in [0.25, 0.3) is 11.0 Å². The Labute approximate surface area is 124 Å². The molecule has 1 aliphatic heterocycles. The number of nitrogens with two attached hydrogens (primary N) is 1. The van der Waals surface area contributed by atoms with E-state index in [-0.39, 0.29) is 6.04 Å². The van der Waals surface area contributed by atoms with Gasteiger partial charge < -0.3 is 15.6 Å². The molecule has 4 heteroatoms. The molecule has 1 saturated carbocycles. The molecule has 1 aliphatic carbocycles. The molecule has 0 saturated heterocycles. The van der Waals surface area contributed by atoms with Crippen molar-refractivity contribution in [2.75, 3.05) is 0 Å². The van der Waals surface area contributed by atoms with E-state index in [1.165, 1.54) is 18.4 Å². The molecule has 2 aromatic rings. The number of benzene rings is 1. The van der Waals surface area contributed by atoms with Gasteiger partial charge in [-0.3, -0.25) is 0 Å². The van der Waals surface area contributed by atoms with E-state index in [9.17, 15) is 0 Å². The van der Waals surface area contributed by atoms with E-state index >= 15 is 0 Å². The summed E-state index contributed by atoms with van der Waals surface area (Å²) >= 11 is 0. The van der Waals surface area contributed by atoms with Gasteiger partial charge in [-0.1, -0.05) is 18.2 Å². The van der Waals surface area contributed by atoms with Gasteiger partial charge in [-0.2, -0.15) is 0 Å². The SMILES string of the molecule is NC1CCCC2=CC=CN(Cc3nc4ccccc4[nH]3)C21. The molecular formula is C17H20N4. The summed E-state index contributed by atoms with van der Waals surface area (Å²) < 4.78 is 0. The standard InChI is InChI=1S/C17H20N4/c18-13-7-3-5-12-6-4-10-21(17(12)13)11-16-19-14-8-1-2-9-15(14)20-16/h1-2,4,6,8-10,13,17H,3,5,7,11,18H2,(H,19,20). The number of aromatic amines is 1. The lowest BCUT2D eigenvalue weighted by molar-refractivity contribution is 0.226.